The Morgan fingerprint density at radius 3 is 2.72 bits per heavy atom. The molecular formula is C12H10FN5. The molecule has 1 N–H and O–H groups in total. The highest BCUT2D eigenvalue weighted by Crippen LogP contribution is 2.21. The monoisotopic (exact) mass is 243 g/mol. The van der Waals surface area contributed by atoms with Crippen LogP contribution in [0, 0.1) is 31.0 Å². The molecule has 2 rings (SSSR count). The molecule has 6 heteroatoms. The molecule has 0 spiro atoms. The van der Waals surface area contributed by atoms with Crippen molar-refractivity contribution in [3.05, 3.63) is 41.1 Å². The summed E-state index contributed by atoms with van der Waals surface area (Å²) in [4.78, 5) is 3.71. The van der Waals surface area contributed by atoms with Crippen molar-refractivity contribution < 1.29 is 4.39 Å². The molecule has 0 radical (unpaired) electrons. The first-order valence-corrected chi connectivity index (χ1v) is 5.23. The normalized spacial score (nSPS) is 9.89. The standard InChI is InChI=1S/C12H10FN5/c1-7-8(2)17-18-12(11(7)4-14)16-10-3-9(13)5-15-6-10/h3,5-6H,1-2H3,(H,16,18). The van der Waals surface area contributed by atoms with Gasteiger partial charge in [0.15, 0.2) is 5.82 Å². The van der Waals surface area contributed by atoms with E-state index in [2.05, 4.69) is 26.6 Å². The lowest BCUT2D eigenvalue weighted by atomic mass is 10.1. The van der Waals surface area contributed by atoms with Crippen LogP contribution in [-0.4, -0.2) is 15.2 Å². The van der Waals surface area contributed by atoms with Crippen LogP contribution in [0.1, 0.15) is 16.8 Å². The third-order valence-corrected chi connectivity index (χ3v) is 2.53. The fourth-order valence-corrected chi connectivity index (χ4v) is 1.45. The molecule has 0 aliphatic heterocycles. The Balaban J connectivity index is 2.42. The lowest BCUT2D eigenvalue weighted by Crippen LogP contribution is -2.04. The maximum Gasteiger partial charge on any atom is 0.171 e. The van der Waals surface area contributed by atoms with Crippen molar-refractivity contribution in [1.82, 2.24) is 15.2 Å². The summed E-state index contributed by atoms with van der Waals surface area (Å²) < 4.78 is 13.0. The summed E-state index contributed by atoms with van der Waals surface area (Å²) in [5.74, 6) is -0.164. The van der Waals surface area contributed by atoms with Crippen LogP contribution in [0.25, 0.3) is 0 Å². The lowest BCUT2D eigenvalue weighted by Gasteiger charge is -2.09. The van der Waals surface area contributed by atoms with Crippen molar-refractivity contribution in [3.63, 3.8) is 0 Å². The van der Waals surface area contributed by atoms with Gasteiger partial charge in [-0.15, -0.1) is 5.10 Å². The van der Waals surface area contributed by atoms with Gasteiger partial charge in [-0.3, -0.25) is 4.98 Å². The summed E-state index contributed by atoms with van der Waals surface area (Å²) in [5.41, 5.74) is 2.25. The van der Waals surface area contributed by atoms with Crippen LogP contribution in [-0.2, 0) is 0 Å². The van der Waals surface area contributed by atoms with E-state index in [1.807, 2.05) is 0 Å². The smallest absolute Gasteiger partial charge is 0.171 e. The molecule has 90 valence electrons. The Morgan fingerprint density at radius 1 is 1.28 bits per heavy atom. The van der Waals surface area contributed by atoms with Crippen LogP contribution in [0.3, 0.4) is 0 Å². The summed E-state index contributed by atoms with van der Waals surface area (Å²) in [6.07, 6.45) is 2.55. The number of halogens is 1. The van der Waals surface area contributed by atoms with Crippen molar-refractivity contribution in [2.75, 3.05) is 5.32 Å². The number of aryl methyl sites for hydroxylation is 1. The van der Waals surface area contributed by atoms with Gasteiger partial charge in [-0.2, -0.15) is 10.4 Å². The molecule has 0 saturated carbocycles. The second-order valence-corrected chi connectivity index (χ2v) is 3.76. The Kier molecular flexibility index (Phi) is 3.15. The number of nitrogens with zero attached hydrogens (tertiary/aromatic N) is 4. The van der Waals surface area contributed by atoms with Crippen molar-refractivity contribution in [3.8, 4) is 6.07 Å². The average molecular weight is 243 g/mol. The predicted molar refractivity (Wildman–Crippen MR) is 63.7 cm³/mol. The molecule has 0 aliphatic rings. The second-order valence-electron chi connectivity index (χ2n) is 3.76. The summed E-state index contributed by atoms with van der Waals surface area (Å²) in [6.45, 7) is 3.56. The van der Waals surface area contributed by atoms with Gasteiger partial charge in [0, 0.05) is 6.07 Å². The quantitative estimate of drug-likeness (QED) is 0.875. The Morgan fingerprint density at radius 2 is 2.06 bits per heavy atom. The van der Waals surface area contributed by atoms with Crippen LogP contribution < -0.4 is 5.32 Å². The van der Waals surface area contributed by atoms with E-state index in [1.54, 1.807) is 13.8 Å². The number of anilines is 2. The first-order valence-electron chi connectivity index (χ1n) is 5.23. The summed E-state index contributed by atoms with van der Waals surface area (Å²) in [5, 5.41) is 19.8. The maximum atomic E-state index is 13.0. The highest BCUT2D eigenvalue weighted by atomic mass is 19.1. The van der Waals surface area contributed by atoms with Gasteiger partial charge in [0.05, 0.1) is 23.8 Å². The number of nitriles is 1. The van der Waals surface area contributed by atoms with E-state index in [1.165, 1.54) is 12.3 Å². The first-order chi connectivity index (χ1) is 8.61. The maximum absolute atomic E-state index is 13.0. The average Bonchev–Trinajstić information content (AvgIpc) is 2.34. The predicted octanol–water partition coefficient (Wildman–Crippen LogP) is 2.24. The number of hydrogen-bond acceptors (Lipinski definition) is 5. The van der Waals surface area contributed by atoms with Crippen molar-refractivity contribution in [1.29, 1.82) is 5.26 Å². The molecule has 0 aromatic carbocycles. The van der Waals surface area contributed by atoms with Gasteiger partial charge in [0.1, 0.15) is 17.4 Å². The Hall–Kier alpha value is -2.55. The van der Waals surface area contributed by atoms with E-state index in [-0.39, 0.29) is 0 Å². The fourth-order valence-electron chi connectivity index (χ4n) is 1.45. The topological polar surface area (TPSA) is 74.5 Å². The molecule has 0 amide bonds. The van der Waals surface area contributed by atoms with Crippen LogP contribution in [0.15, 0.2) is 18.5 Å². The summed E-state index contributed by atoms with van der Waals surface area (Å²) >= 11 is 0. The van der Waals surface area contributed by atoms with Gasteiger partial charge >= 0.3 is 0 Å². The number of aromatic nitrogens is 3. The molecule has 0 fully saturated rings. The molecule has 2 aromatic rings. The number of hydrogen-bond donors (Lipinski definition) is 1. The first kappa shape index (κ1) is 11.9. The summed E-state index contributed by atoms with van der Waals surface area (Å²) in [7, 11) is 0. The molecule has 18 heavy (non-hydrogen) atoms. The fraction of sp³-hybridized carbons (Fsp3) is 0.167. The van der Waals surface area contributed by atoms with Gasteiger partial charge in [-0.25, -0.2) is 4.39 Å². The number of pyridine rings is 1. The molecule has 2 aromatic heterocycles. The molecule has 0 unspecified atom stereocenters. The Labute approximate surface area is 103 Å². The van der Waals surface area contributed by atoms with Crippen LogP contribution in [0.2, 0.25) is 0 Å². The molecule has 0 bridgehead atoms. The molecule has 2 heterocycles. The van der Waals surface area contributed by atoms with E-state index in [4.69, 9.17) is 5.26 Å². The van der Waals surface area contributed by atoms with Crippen LogP contribution >= 0.6 is 0 Å². The molecule has 5 nitrogen and oxygen atoms in total. The van der Waals surface area contributed by atoms with E-state index in [0.29, 0.717) is 22.8 Å². The van der Waals surface area contributed by atoms with Crippen molar-refractivity contribution in [2.45, 2.75) is 13.8 Å². The molecule has 0 aliphatic carbocycles. The third-order valence-electron chi connectivity index (χ3n) is 2.53. The molecule has 0 atom stereocenters. The van der Waals surface area contributed by atoms with E-state index >= 15 is 0 Å². The van der Waals surface area contributed by atoms with E-state index < -0.39 is 5.82 Å². The van der Waals surface area contributed by atoms with E-state index in [9.17, 15) is 4.39 Å². The van der Waals surface area contributed by atoms with Crippen molar-refractivity contribution in [2.24, 2.45) is 0 Å². The van der Waals surface area contributed by atoms with E-state index in [0.717, 1.165) is 11.8 Å². The minimum atomic E-state index is -0.463. The molecular weight excluding hydrogens is 233 g/mol. The zero-order chi connectivity index (χ0) is 13.1. The number of nitrogens with one attached hydrogen (secondary N) is 1. The SMILES string of the molecule is Cc1nnc(Nc2cncc(F)c2)c(C#N)c1C. The highest BCUT2D eigenvalue weighted by Gasteiger charge is 2.11. The second kappa shape index (κ2) is 4.75. The van der Waals surface area contributed by atoms with Crippen molar-refractivity contribution >= 4 is 11.5 Å². The summed E-state index contributed by atoms with van der Waals surface area (Å²) in [6, 6.07) is 3.33. The zero-order valence-electron chi connectivity index (χ0n) is 9.90. The van der Waals surface area contributed by atoms with Crippen LogP contribution in [0.5, 0.6) is 0 Å². The van der Waals surface area contributed by atoms with Gasteiger partial charge < -0.3 is 5.32 Å². The lowest BCUT2D eigenvalue weighted by molar-refractivity contribution is 0.622. The van der Waals surface area contributed by atoms with Gasteiger partial charge in [0.2, 0.25) is 0 Å². The molecule has 0 saturated heterocycles. The minimum Gasteiger partial charge on any atom is -0.336 e. The van der Waals surface area contributed by atoms with Gasteiger partial charge in [-0.1, -0.05) is 0 Å². The highest BCUT2D eigenvalue weighted by molar-refractivity contribution is 5.63. The van der Waals surface area contributed by atoms with Crippen LogP contribution in [0.4, 0.5) is 15.9 Å². The largest absolute Gasteiger partial charge is 0.336 e. The minimum absolute atomic E-state index is 0.299. The third kappa shape index (κ3) is 2.25. The number of rotatable bonds is 2. The Bertz CT molecular complexity index is 633. The van der Waals surface area contributed by atoms with Gasteiger partial charge in [-0.05, 0) is 19.4 Å². The zero-order valence-corrected chi connectivity index (χ0v) is 9.90. The van der Waals surface area contributed by atoms with Gasteiger partial charge in [0.25, 0.3) is 0 Å².